The van der Waals surface area contributed by atoms with E-state index in [4.69, 9.17) is 9.47 Å². The fourth-order valence-electron chi connectivity index (χ4n) is 3.13. The number of para-hydroxylation sites is 1. The van der Waals surface area contributed by atoms with Gasteiger partial charge in [-0.15, -0.1) is 0 Å². The number of hydrogen-bond donors (Lipinski definition) is 2. The van der Waals surface area contributed by atoms with Gasteiger partial charge < -0.3 is 20.1 Å². The van der Waals surface area contributed by atoms with Gasteiger partial charge in [0.05, 0.1) is 6.61 Å². The molecule has 1 aromatic heterocycles. The lowest BCUT2D eigenvalue weighted by Crippen LogP contribution is -2.39. The van der Waals surface area contributed by atoms with Crippen LogP contribution in [0, 0.1) is 5.92 Å². The zero-order valence-electron chi connectivity index (χ0n) is 17.9. The standard InChI is InChI=1S/C22H30F2N4O2/c1-5-29-19-10-6-8-17(20(19)30-21(23)24)13-27-22(25-4)28-14-18(15(2)3)16-9-7-11-26-12-16/h6-12,15,18,21H,5,13-14H2,1-4H3,(H2,25,27,28). The van der Waals surface area contributed by atoms with Crippen LogP contribution in [0.15, 0.2) is 47.7 Å². The summed E-state index contributed by atoms with van der Waals surface area (Å²) in [6.07, 6.45) is 3.62. The Balaban J connectivity index is 2.06. The highest BCUT2D eigenvalue weighted by Gasteiger charge is 2.18. The van der Waals surface area contributed by atoms with Crippen LogP contribution in [-0.4, -0.2) is 37.8 Å². The van der Waals surface area contributed by atoms with Crippen molar-refractivity contribution in [1.29, 1.82) is 0 Å². The molecule has 0 saturated heterocycles. The first kappa shape index (κ1) is 23.4. The Morgan fingerprint density at radius 1 is 1.17 bits per heavy atom. The second kappa shape index (κ2) is 11.9. The summed E-state index contributed by atoms with van der Waals surface area (Å²) in [7, 11) is 1.66. The fraction of sp³-hybridized carbons (Fsp3) is 0.455. The van der Waals surface area contributed by atoms with Crippen LogP contribution in [-0.2, 0) is 6.54 Å². The van der Waals surface area contributed by atoms with Crippen molar-refractivity contribution in [3.05, 3.63) is 53.9 Å². The van der Waals surface area contributed by atoms with E-state index >= 15 is 0 Å². The van der Waals surface area contributed by atoms with Crippen LogP contribution >= 0.6 is 0 Å². The summed E-state index contributed by atoms with van der Waals surface area (Å²) in [4.78, 5) is 8.44. The van der Waals surface area contributed by atoms with E-state index < -0.39 is 6.61 Å². The molecule has 0 aliphatic heterocycles. The first-order valence-electron chi connectivity index (χ1n) is 10.00. The normalized spacial score (nSPS) is 12.7. The van der Waals surface area contributed by atoms with Crippen LogP contribution in [0.25, 0.3) is 0 Å². The maximum absolute atomic E-state index is 12.9. The summed E-state index contributed by atoms with van der Waals surface area (Å²) in [5.41, 5.74) is 1.70. The van der Waals surface area contributed by atoms with E-state index in [-0.39, 0.29) is 24.0 Å². The van der Waals surface area contributed by atoms with Crippen LogP contribution < -0.4 is 20.1 Å². The Morgan fingerprint density at radius 2 is 1.97 bits per heavy atom. The Labute approximate surface area is 176 Å². The molecule has 0 bridgehead atoms. The first-order chi connectivity index (χ1) is 14.5. The highest BCUT2D eigenvalue weighted by atomic mass is 19.3. The lowest BCUT2D eigenvalue weighted by molar-refractivity contribution is -0.0520. The summed E-state index contributed by atoms with van der Waals surface area (Å²) in [5, 5.41) is 6.47. The average molecular weight is 421 g/mol. The van der Waals surface area contributed by atoms with Crippen LogP contribution in [0.5, 0.6) is 11.5 Å². The van der Waals surface area contributed by atoms with Gasteiger partial charge in [-0.1, -0.05) is 32.0 Å². The maximum Gasteiger partial charge on any atom is 0.387 e. The number of nitrogens with one attached hydrogen (secondary N) is 2. The third-order valence-corrected chi connectivity index (χ3v) is 4.64. The monoisotopic (exact) mass is 420 g/mol. The molecule has 1 heterocycles. The van der Waals surface area contributed by atoms with Gasteiger partial charge in [0.2, 0.25) is 0 Å². The molecular formula is C22H30F2N4O2. The molecule has 1 aromatic carbocycles. The number of aliphatic imine (C=N–C) groups is 1. The van der Waals surface area contributed by atoms with Gasteiger partial charge in [-0.2, -0.15) is 8.78 Å². The number of rotatable bonds is 10. The minimum atomic E-state index is -2.94. The summed E-state index contributed by atoms with van der Waals surface area (Å²) >= 11 is 0. The van der Waals surface area contributed by atoms with Crippen molar-refractivity contribution in [2.75, 3.05) is 20.2 Å². The number of pyridine rings is 1. The van der Waals surface area contributed by atoms with Crippen LogP contribution in [0.3, 0.4) is 0 Å². The quantitative estimate of drug-likeness (QED) is 0.446. The van der Waals surface area contributed by atoms with Gasteiger partial charge in [0, 0.05) is 44.0 Å². The van der Waals surface area contributed by atoms with Crippen LogP contribution in [0.2, 0.25) is 0 Å². The van der Waals surface area contributed by atoms with Gasteiger partial charge in [-0.3, -0.25) is 9.98 Å². The van der Waals surface area contributed by atoms with Gasteiger partial charge in [0.15, 0.2) is 17.5 Å². The molecular weight excluding hydrogens is 390 g/mol. The van der Waals surface area contributed by atoms with Crippen molar-refractivity contribution in [3.8, 4) is 11.5 Å². The third kappa shape index (κ3) is 6.86. The highest BCUT2D eigenvalue weighted by molar-refractivity contribution is 5.79. The number of halogens is 2. The smallest absolute Gasteiger partial charge is 0.387 e. The van der Waals surface area contributed by atoms with E-state index in [9.17, 15) is 8.78 Å². The molecule has 8 heteroatoms. The van der Waals surface area contributed by atoms with Crippen molar-refractivity contribution in [3.63, 3.8) is 0 Å². The SMILES string of the molecule is CCOc1cccc(CNC(=NC)NCC(c2cccnc2)C(C)C)c1OC(F)F. The van der Waals surface area contributed by atoms with Gasteiger partial charge in [-0.05, 0) is 30.5 Å². The minimum absolute atomic E-state index is 0.0349. The van der Waals surface area contributed by atoms with Crippen molar-refractivity contribution in [1.82, 2.24) is 15.6 Å². The molecule has 0 saturated carbocycles. The third-order valence-electron chi connectivity index (χ3n) is 4.64. The molecule has 0 aliphatic carbocycles. The molecule has 0 radical (unpaired) electrons. The number of nitrogens with zero attached hydrogens (tertiary/aromatic N) is 2. The van der Waals surface area contributed by atoms with E-state index in [1.165, 1.54) is 0 Å². The number of benzene rings is 1. The van der Waals surface area contributed by atoms with Crippen LogP contribution in [0.4, 0.5) is 8.78 Å². The molecule has 30 heavy (non-hydrogen) atoms. The molecule has 6 nitrogen and oxygen atoms in total. The number of hydrogen-bond acceptors (Lipinski definition) is 4. The summed E-state index contributed by atoms with van der Waals surface area (Å²) < 4.78 is 35.9. The number of aromatic nitrogens is 1. The molecule has 2 rings (SSSR count). The van der Waals surface area contributed by atoms with E-state index in [2.05, 4.69) is 40.5 Å². The van der Waals surface area contributed by atoms with E-state index in [0.29, 0.717) is 30.6 Å². The lowest BCUT2D eigenvalue weighted by atomic mass is 9.89. The van der Waals surface area contributed by atoms with Gasteiger partial charge in [0.1, 0.15) is 0 Å². The summed E-state index contributed by atoms with van der Waals surface area (Å²) in [6.45, 7) is 4.42. The molecule has 0 spiro atoms. The predicted molar refractivity (Wildman–Crippen MR) is 114 cm³/mol. The highest BCUT2D eigenvalue weighted by Crippen LogP contribution is 2.32. The van der Waals surface area contributed by atoms with E-state index in [1.807, 2.05) is 12.3 Å². The molecule has 1 atom stereocenters. The van der Waals surface area contributed by atoms with E-state index in [0.717, 1.165) is 5.56 Å². The molecule has 0 fully saturated rings. The van der Waals surface area contributed by atoms with Crippen LogP contribution in [0.1, 0.15) is 37.8 Å². The number of guanidine groups is 1. The van der Waals surface area contributed by atoms with E-state index in [1.54, 1.807) is 38.4 Å². The number of ether oxygens (including phenoxy) is 2. The molecule has 0 amide bonds. The Kier molecular flexibility index (Phi) is 9.31. The summed E-state index contributed by atoms with van der Waals surface area (Å²) in [6, 6.07) is 9.05. The maximum atomic E-state index is 12.9. The zero-order chi connectivity index (χ0) is 21.9. The summed E-state index contributed by atoms with van der Waals surface area (Å²) in [5.74, 6) is 1.53. The zero-order valence-corrected chi connectivity index (χ0v) is 17.9. The Bertz CT molecular complexity index is 801. The van der Waals surface area contributed by atoms with Crippen molar-refractivity contribution >= 4 is 5.96 Å². The van der Waals surface area contributed by atoms with Gasteiger partial charge in [0.25, 0.3) is 0 Å². The molecule has 1 unspecified atom stereocenters. The second-order valence-corrected chi connectivity index (χ2v) is 7.00. The molecule has 2 aromatic rings. The van der Waals surface area contributed by atoms with Gasteiger partial charge in [-0.25, -0.2) is 0 Å². The molecule has 164 valence electrons. The largest absolute Gasteiger partial charge is 0.490 e. The molecule has 2 N–H and O–H groups in total. The number of alkyl halides is 2. The lowest BCUT2D eigenvalue weighted by Gasteiger charge is -2.23. The minimum Gasteiger partial charge on any atom is -0.490 e. The Hall–Kier alpha value is -2.90. The fourth-order valence-corrected chi connectivity index (χ4v) is 3.13. The average Bonchev–Trinajstić information content (AvgIpc) is 2.72. The predicted octanol–water partition coefficient (Wildman–Crippen LogP) is 4.19. The van der Waals surface area contributed by atoms with Crippen molar-refractivity contribution in [2.24, 2.45) is 10.9 Å². The topological polar surface area (TPSA) is 67.8 Å². The Morgan fingerprint density at radius 3 is 2.57 bits per heavy atom. The first-order valence-corrected chi connectivity index (χ1v) is 10.00. The van der Waals surface area contributed by atoms with Gasteiger partial charge >= 0.3 is 6.61 Å². The molecule has 0 aliphatic rings. The van der Waals surface area contributed by atoms with Crippen molar-refractivity contribution in [2.45, 2.75) is 39.8 Å². The van der Waals surface area contributed by atoms with Crippen molar-refractivity contribution < 1.29 is 18.3 Å². The second-order valence-electron chi connectivity index (χ2n) is 7.00.